The normalized spacial score (nSPS) is 13.0. The summed E-state index contributed by atoms with van der Waals surface area (Å²) < 4.78 is 5.46. The van der Waals surface area contributed by atoms with Crippen LogP contribution in [0.4, 0.5) is 4.79 Å². The predicted octanol–water partition coefficient (Wildman–Crippen LogP) is 3.42. The highest BCUT2D eigenvalue weighted by molar-refractivity contribution is 5.89. The zero-order valence-corrected chi connectivity index (χ0v) is 15.9. The Morgan fingerprint density at radius 3 is 2.35 bits per heavy atom. The second-order valence-electron chi connectivity index (χ2n) is 6.27. The molecule has 0 aliphatic heterocycles. The van der Waals surface area contributed by atoms with Gasteiger partial charge in [0.05, 0.1) is 6.67 Å². The van der Waals surface area contributed by atoms with E-state index >= 15 is 0 Å². The van der Waals surface area contributed by atoms with Crippen LogP contribution in [0.25, 0.3) is 0 Å². The molecule has 0 aliphatic rings. The Bertz CT molecular complexity index is 405. The Kier molecular flexibility index (Phi) is 10.5. The number of amides is 1. The number of carbonyl (C=O) groups excluding carboxylic acids is 1. The molecule has 0 spiro atoms. The summed E-state index contributed by atoms with van der Waals surface area (Å²) in [7, 11) is 3.74. The maximum Gasteiger partial charge on any atom is 0.410 e. The summed E-state index contributed by atoms with van der Waals surface area (Å²) in [5.41, 5.74) is -0.422. The van der Waals surface area contributed by atoms with Crippen LogP contribution in [-0.2, 0) is 4.74 Å². The summed E-state index contributed by atoms with van der Waals surface area (Å²) in [5, 5.41) is 0. The lowest BCUT2D eigenvalue weighted by molar-refractivity contribution is 0.0148. The van der Waals surface area contributed by atoms with E-state index in [0.29, 0.717) is 13.2 Å². The molecule has 6 nitrogen and oxygen atoms in total. The number of nitrogens with zero attached hydrogens (tertiary/aromatic N) is 4. The standard InChI is InChI=1S/C17H34N4O2/c1-8-11-18-15(9-2)19-14-20(6)12-13-21(7)16(22)23-17(4,5)10-3/h11H,8-10,12-14H2,1-7H3/b18-11-,19-15-. The molecule has 0 saturated carbocycles. The second kappa shape index (κ2) is 11.2. The summed E-state index contributed by atoms with van der Waals surface area (Å²) in [6.45, 7) is 11.9. The molecule has 0 bridgehead atoms. The minimum absolute atomic E-state index is 0.282. The number of hydrogen-bond acceptors (Lipinski definition) is 4. The average Bonchev–Trinajstić information content (AvgIpc) is 2.52. The number of likely N-dealkylation sites (N-methyl/N-ethyl adjacent to an activating group) is 2. The highest BCUT2D eigenvalue weighted by Crippen LogP contribution is 2.14. The van der Waals surface area contributed by atoms with Gasteiger partial charge >= 0.3 is 6.09 Å². The summed E-state index contributed by atoms with van der Waals surface area (Å²) in [6, 6.07) is 0. The smallest absolute Gasteiger partial charge is 0.410 e. The van der Waals surface area contributed by atoms with Gasteiger partial charge in [0.15, 0.2) is 0 Å². The third kappa shape index (κ3) is 10.0. The quantitative estimate of drug-likeness (QED) is 0.482. The van der Waals surface area contributed by atoms with Crippen molar-refractivity contribution in [1.82, 2.24) is 9.80 Å². The van der Waals surface area contributed by atoms with E-state index in [1.165, 1.54) is 0 Å². The maximum absolute atomic E-state index is 12.0. The van der Waals surface area contributed by atoms with Crippen molar-refractivity contribution in [3.63, 3.8) is 0 Å². The van der Waals surface area contributed by atoms with Crippen molar-refractivity contribution in [2.24, 2.45) is 9.98 Å². The highest BCUT2D eigenvalue weighted by atomic mass is 16.6. The molecule has 0 aromatic rings. The molecule has 0 rings (SSSR count). The Morgan fingerprint density at radius 2 is 1.83 bits per heavy atom. The van der Waals surface area contributed by atoms with E-state index in [4.69, 9.17) is 4.74 Å². The van der Waals surface area contributed by atoms with Crippen molar-refractivity contribution in [2.75, 3.05) is 33.9 Å². The van der Waals surface area contributed by atoms with Gasteiger partial charge in [-0.05, 0) is 33.7 Å². The van der Waals surface area contributed by atoms with Crippen LogP contribution < -0.4 is 0 Å². The van der Waals surface area contributed by atoms with Gasteiger partial charge in [0.25, 0.3) is 0 Å². The van der Waals surface area contributed by atoms with Crippen molar-refractivity contribution >= 4 is 18.1 Å². The molecule has 0 aromatic carbocycles. The number of rotatable bonds is 9. The van der Waals surface area contributed by atoms with Gasteiger partial charge in [-0.15, -0.1) is 0 Å². The van der Waals surface area contributed by atoms with Crippen LogP contribution >= 0.6 is 0 Å². The first kappa shape index (κ1) is 21.6. The Morgan fingerprint density at radius 1 is 1.17 bits per heavy atom. The van der Waals surface area contributed by atoms with E-state index in [1.807, 2.05) is 41.0 Å². The maximum atomic E-state index is 12.0. The van der Waals surface area contributed by atoms with E-state index in [-0.39, 0.29) is 6.09 Å². The van der Waals surface area contributed by atoms with Crippen molar-refractivity contribution in [1.29, 1.82) is 0 Å². The predicted molar refractivity (Wildman–Crippen MR) is 97.5 cm³/mol. The summed E-state index contributed by atoms with van der Waals surface area (Å²) in [4.78, 5) is 24.5. The molecule has 0 unspecified atom stereocenters. The fourth-order valence-corrected chi connectivity index (χ4v) is 1.51. The molecule has 0 saturated heterocycles. The molecular formula is C17H34N4O2. The van der Waals surface area contributed by atoms with Crippen LogP contribution in [0.1, 0.15) is 53.9 Å². The first-order valence-electron chi connectivity index (χ1n) is 8.44. The van der Waals surface area contributed by atoms with Crippen LogP contribution in [0.5, 0.6) is 0 Å². The fourth-order valence-electron chi connectivity index (χ4n) is 1.51. The molecule has 0 aromatic heterocycles. The molecule has 0 heterocycles. The molecule has 6 heteroatoms. The highest BCUT2D eigenvalue weighted by Gasteiger charge is 2.22. The second-order valence-corrected chi connectivity index (χ2v) is 6.27. The van der Waals surface area contributed by atoms with Gasteiger partial charge in [-0.1, -0.05) is 20.8 Å². The zero-order chi connectivity index (χ0) is 17.9. The fraction of sp³-hybridized carbons (Fsp3) is 0.824. The van der Waals surface area contributed by atoms with Gasteiger partial charge in [0.2, 0.25) is 0 Å². The van der Waals surface area contributed by atoms with Crippen LogP contribution in [-0.4, -0.2) is 67.4 Å². The van der Waals surface area contributed by atoms with Crippen molar-refractivity contribution in [2.45, 2.75) is 59.5 Å². The lowest BCUT2D eigenvalue weighted by Gasteiger charge is -2.27. The first-order valence-corrected chi connectivity index (χ1v) is 8.44. The summed E-state index contributed by atoms with van der Waals surface area (Å²) in [5.74, 6) is 0.858. The van der Waals surface area contributed by atoms with Crippen molar-refractivity contribution in [3.05, 3.63) is 0 Å². The molecule has 0 aliphatic carbocycles. The minimum Gasteiger partial charge on any atom is -0.443 e. The molecule has 0 radical (unpaired) electrons. The number of aliphatic imine (C=N–C) groups is 2. The SMILES string of the molecule is CC/C=N\C(CC)=N/CN(C)CCN(C)C(=O)OC(C)(C)CC. The molecule has 0 atom stereocenters. The van der Waals surface area contributed by atoms with E-state index in [9.17, 15) is 4.79 Å². The number of amidine groups is 1. The Hall–Kier alpha value is -1.43. The third-order valence-corrected chi connectivity index (χ3v) is 3.58. The minimum atomic E-state index is -0.422. The molecule has 0 fully saturated rings. The van der Waals surface area contributed by atoms with Gasteiger partial charge < -0.3 is 9.64 Å². The molecular weight excluding hydrogens is 292 g/mol. The number of ether oxygens (including phenoxy) is 1. The molecule has 134 valence electrons. The number of carbonyl (C=O) groups is 1. The lowest BCUT2D eigenvalue weighted by atomic mass is 10.1. The van der Waals surface area contributed by atoms with Gasteiger partial charge in [0, 0.05) is 32.8 Å². The van der Waals surface area contributed by atoms with Crippen LogP contribution in [0.2, 0.25) is 0 Å². The van der Waals surface area contributed by atoms with Gasteiger partial charge in [0.1, 0.15) is 11.4 Å². The largest absolute Gasteiger partial charge is 0.443 e. The van der Waals surface area contributed by atoms with Gasteiger partial charge in [-0.25, -0.2) is 9.79 Å². The monoisotopic (exact) mass is 326 g/mol. The summed E-state index contributed by atoms with van der Waals surface area (Å²) >= 11 is 0. The molecule has 1 amide bonds. The van der Waals surface area contributed by atoms with Crippen molar-refractivity contribution < 1.29 is 9.53 Å². The van der Waals surface area contributed by atoms with Crippen LogP contribution in [0, 0.1) is 0 Å². The Balaban J connectivity index is 4.27. The van der Waals surface area contributed by atoms with Crippen molar-refractivity contribution in [3.8, 4) is 0 Å². The van der Waals surface area contributed by atoms with E-state index in [0.717, 1.165) is 31.6 Å². The van der Waals surface area contributed by atoms with Gasteiger partial charge in [-0.2, -0.15) is 0 Å². The van der Waals surface area contributed by atoms with E-state index in [1.54, 1.807) is 11.9 Å². The van der Waals surface area contributed by atoms with Crippen LogP contribution in [0.15, 0.2) is 9.98 Å². The van der Waals surface area contributed by atoms with Crippen LogP contribution in [0.3, 0.4) is 0 Å². The zero-order valence-electron chi connectivity index (χ0n) is 15.9. The first-order chi connectivity index (χ1) is 10.8. The lowest BCUT2D eigenvalue weighted by Crippen LogP contribution is -2.39. The third-order valence-electron chi connectivity index (χ3n) is 3.58. The summed E-state index contributed by atoms with van der Waals surface area (Å²) in [6.07, 6.45) is 4.12. The molecule has 0 N–H and O–H groups in total. The van der Waals surface area contributed by atoms with Gasteiger partial charge in [-0.3, -0.25) is 9.89 Å². The van der Waals surface area contributed by atoms with E-state index in [2.05, 4.69) is 21.8 Å². The topological polar surface area (TPSA) is 57.5 Å². The average molecular weight is 326 g/mol. The number of hydrogen-bond donors (Lipinski definition) is 0. The van der Waals surface area contributed by atoms with E-state index < -0.39 is 5.60 Å². The molecule has 23 heavy (non-hydrogen) atoms. The Labute approximate surface area is 141 Å².